The lowest BCUT2D eigenvalue weighted by Crippen LogP contribution is -2.08. The number of hydrogen-bond donors (Lipinski definition) is 1. The fraction of sp³-hybridized carbons (Fsp3) is 0.500. The first-order valence-corrected chi connectivity index (χ1v) is 3.39. The van der Waals surface area contributed by atoms with Crippen molar-refractivity contribution in [2.75, 3.05) is 19.0 Å². The molecule has 3 nitrogen and oxygen atoms in total. The molecule has 0 aromatic carbocycles. The highest BCUT2D eigenvalue weighted by Crippen LogP contribution is 2.15. The lowest BCUT2D eigenvalue weighted by molar-refractivity contribution is 0.539. The van der Waals surface area contributed by atoms with Crippen molar-refractivity contribution in [2.45, 2.75) is 6.92 Å². The molecule has 0 amide bonds. The molecule has 1 aromatic heterocycles. The normalized spacial score (nSPS) is 9.90. The van der Waals surface area contributed by atoms with E-state index in [0.717, 1.165) is 11.6 Å². The topological polar surface area (TPSA) is 32.2 Å². The Bertz CT molecular complexity index is 274. The minimum absolute atomic E-state index is 0.432. The zero-order valence-electron chi connectivity index (χ0n) is 6.26. The van der Waals surface area contributed by atoms with Crippen LogP contribution in [0.5, 0.6) is 0 Å². The molecule has 0 bridgehead atoms. The van der Waals surface area contributed by atoms with E-state index in [1.165, 1.54) is 0 Å². The summed E-state index contributed by atoms with van der Waals surface area (Å²) in [6, 6.07) is 0. The molecule has 0 aliphatic rings. The van der Waals surface area contributed by atoms with E-state index in [-0.39, 0.29) is 0 Å². The molecule has 0 unspecified atom stereocenters. The fourth-order valence-corrected chi connectivity index (χ4v) is 1.06. The van der Waals surface area contributed by atoms with Crippen LogP contribution in [0.25, 0.3) is 0 Å². The highest BCUT2D eigenvalue weighted by atomic mass is 32.1. The molecular formula is C6H10N2OS. The van der Waals surface area contributed by atoms with Crippen molar-refractivity contribution in [3.05, 3.63) is 10.5 Å². The average Bonchev–Trinajstić information content (AvgIpc) is 2.10. The SMILES string of the molecule is Cc1[nH]c(=S)oc1N(C)C. The molecule has 0 spiro atoms. The van der Waals surface area contributed by atoms with Crippen LogP contribution in [0.4, 0.5) is 5.88 Å². The first-order chi connectivity index (χ1) is 4.61. The van der Waals surface area contributed by atoms with Crippen LogP contribution in [0.2, 0.25) is 0 Å². The molecule has 56 valence electrons. The molecule has 0 saturated heterocycles. The molecule has 10 heavy (non-hydrogen) atoms. The first-order valence-electron chi connectivity index (χ1n) is 2.98. The minimum Gasteiger partial charge on any atom is -0.413 e. The fourth-order valence-electron chi connectivity index (χ4n) is 0.823. The van der Waals surface area contributed by atoms with Gasteiger partial charge in [-0.15, -0.1) is 0 Å². The van der Waals surface area contributed by atoms with Crippen molar-refractivity contribution in [1.29, 1.82) is 0 Å². The maximum atomic E-state index is 5.16. The second-order valence-electron chi connectivity index (χ2n) is 2.34. The van der Waals surface area contributed by atoms with Gasteiger partial charge in [0, 0.05) is 14.1 Å². The van der Waals surface area contributed by atoms with Gasteiger partial charge in [-0.05, 0) is 19.1 Å². The molecule has 1 N–H and O–H groups in total. The van der Waals surface area contributed by atoms with Gasteiger partial charge >= 0.3 is 0 Å². The van der Waals surface area contributed by atoms with Crippen molar-refractivity contribution >= 4 is 18.1 Å². The number of anilines is 1. The Kier molecular flexibility index (Phi) is 1.80. The van der Waals surface area contributed by atoms with E-state index in [1.807, 2.05) is 25.9 Å². The summed E-state index contributed by atoms with van der Waals surface area (Å²) in [4.78, 5) is 5.20. The van der Waals surface area contributed by atoms with Crippen LogP contribution in [0.1, 0.15) is 5.69 Å². The second kappa shape index (κ2) is 2.46. The third-order valence-corrected chi connectivity index (χ3v) is 1.39. The van der Waals surface area contributed by atoms with Gasteiger partial charge in [0.2, 0.25) is 5.88 Å². The Morgan fingerprint density at radius 1 is 1.50 bits per heavy atom. The van der Waals surface area contributed by atoms with E-state index in [1.54, 1.807) is 0 Å². The molecule has 0 fully saturated rings. The smallest absolute Gasteiger partial charge is 0.267 e. The summed E-state index contributed by atoms with van der Waals surface area (Å²) in [5.41, 5.74) is 0.968. The number of aromatic amines is 1. The van der Waals surface area contributed by atoms with Crippen molar-refractivity contribution in [1.82, 2.24) is 4.98 Å². The van der Waals surface area contributed by atoms with E-state index in [4.69, 9.17) is 16.6 Å². The Labute approximate surface area is 64.7 Å². The molecule has 0 saturated carbocycles. The quantitative estimate of drug-likeness (QED) is 0.631. The van der Waals surface area contributed by atoms with Crippen molar-refractivity contribution in [2.24, 2.45) is 0 Å². The maximum absolute atomic E-state index is 5.16. The second-order valence-corrected chi connectivity index (χ2v) is 2.71. The van der Waals surface area contributed by atoms with E-state index in [2.05, 4.69) is 4.98 Å². The third-order valence-electron chi connectivity index (χ3n) is 1.21. The van der Waals surface area contributed by atoms with Crippen LogP contribution in [0.15, 0.2) is 4.42 Å². The predicted molar refractivity (Wildman–Crippen MR) is 43.0 cm³/mol. The molecule has 1 aromatic rings. The third kappa shape index (κ3) is 1.21. The molecule has 0 aliphatic heterocycles. The van der Waals surface area contributed by atoms with E-state index < -0.39 is 0 Å². The largest absolute Gasteiger partial charge is 0.413 e. The Morgan fingerprint density at radius 3 is 2.30 bits per heavy atom. The summed E-state index contributed by atoms with van der Waals surface area (Å²) in [6.07, 6.45) is 0. The molecule has 1 heterocycles. The number of hydrogen-bond acceptors (Lipinski definition) is 3. The number of H-pyrrole nitrogens is 1. The first kappa shape index (κ1) is 7.34. The van der Waals surface area contributed by atoms with Crippen LogP contribution in [-0.2, 0) is 0 Å². The molecule has 1 rings (SSSR count). The van der Waals surface area contributed by atoms with Gasteiger partial charge in [0.25, 0.3) is 4.84 Å². The van der Waals surface area contributed by atoms with Gasteiger partial charge in [-0.1, -0.05) is 0 Å². The number of aromatic nitrogens is 1. The van der Waals surface area contributed by atoms with Gasteiger partial charge in [-0.25, -0.2) is 0 Å². The molecule has 0 aliphatic carbocycles. The number of nitrogens with one attached hydrogen (secondary N) is 1. The highest BCUT2D eigenvalue weighted by Gasteiger charge is 2.03. The lowest BCUT2D eigenvalue weighted by Gasteiger charge is -2.06. The van der Waals surface area contributed by atoms with Crippen LogP contribution in [0, 0.1) is 11.8 Å². The van der Waals surface area contributed by atoms with Crippen LogP contribution >= 0.6 is 12.2 Å². The zero-order valence-corrected chi connectivity index (χ0v) is 7.08. The Balaban J connectivity index is 3.15. The number of aryl methyl sites for hydroxylation is 1. The van der Waals surface area contributed by atoms with Crippen LogP contribution < -0.4 is 4.90 Å². The maximum Gasteiger partial charge on any atom is 0.267 e. The standard InChI is InChI=1S/C6H10N2OS/c1-4-5(8(2)3)9-6(10)7-4/h1-3H3,(H,7,10). The Hall–Kier alpha value is -0.770. The molecular weight excluding hydrogens is 148 g/mol. The predicted octanol–water partition coefficient (Wildman–Crippen LogP) is 1.71. The zero-order chi connectivity index (χ0) is 7.72. The summed E-state index contributed by atoms with van der Waals surface area (Å²) >= 11 is 4.79. The number of nitrogens with zero attached hydrogens (tertiary/aromatic N) is 1. The van der Waals surface area contributed by atoms with Gasteiger partial charge in [-0.2, -0.15) is 0 Å². The van der Waals surface area contributed by atoms with Gasteiger partial charge < -0.3 is 14.3 Å². The summed E-state index contributed by atoms with van der Waals surface area (Å²) in [7, 11) is 3.82. The molecule has 0 radical (unpaired) electrons. The van der Waals surface area contributed by atoms with Gasteiger partial charge in [-0.3, -0.25) is 0 Å². The number of oxazole rings is 1. The summed E-state index contributed by atoms with van der Waals surface area (Å²) in [5.74, 6) is 0.796. The average molecular weight is 158 g/mol. The molecule has 0 atom stereocenters. The van der Waals surface area contributed by atoms with Gasteiger partial charge in [0.1, 0.15) is 0 Å². The van der Waals surface area contributed by atoms with Crippen LogP contribution in [-0.4, -0.2) is 19.1 Å². The van der Waals surface area contributed by atoms with Crippen molar-refractivity contribution < 1.29 is 4.42 Å². The van der Waals surface area contributed by atoms with Crippen molar-refractivity contribution in [3.8, 4) is 0 Å². The number of rotatable bonds is 1. The molecule has 4 heteroatoms. The van der Waals surface area contributed by atoms with Crippen LogP contribution in [0.3, 0.4) is 0 Å². The minimum atomic E-state index is 0.432. The van der Waals surface area contributed by atoms with Gasteiger partial charge in [0.05, 0.1) is 5.69 Å². The highest BCUT2D eigenvalue weighted by molar-refractivity contribution is 7.71. The van der Waals surface area contributed by atoms with E-state index in [0.29, 0.717) is 4.84 Å². The van der Waals surface area contributed by atoms with E-state index >= 15 is 0 Å². The summed E-state index contributed by atoms with van der Waals surface area (Å²) < 4.78 is 5.16. The summed E-state index contributed by atoms with van der Waals surface area (Å²) in [5, 5.41) is 0. The van der Waals surface area contributed by atoms with Crippen molar-refractivity contribution in [3.63, 3.8) is 0 Å². The monoisotopic (exact) mass is 158 g/mol. The summed E-state index contributed by atoms with van der Waals surface area (Å²) in [6.45, 7) is 1.93. The lowest BCUT2D eigenvalue weighted by atomic mass is 10.5. The Morgan fingerprint density at radius 2 is 2.10 bits per heavy atom. The van der Waals surface area contributed by atoms with E-state index in [9.17, 15) is 0 Å². The van der Waals surface area contributed by atoms with Gasteiger partial charge in [0.15, 0.2) is 0 Å².